The fraction of sp³-hybridized carbons (Fsp3) is 0.533. The minimum absolute atomic E-state index is 0.0304. The smallest absolute Gasteiger partial charge is 0.278 e. The van der Waals surface area contributed by atoms with E-state index in [1.165, 1.54) is 24.2 Å². The number of rotatable bonds is 4. The van der Waals surface area contributed by atoms with Crippen molar-refractivity contribution in [2.45, 2.75) is 38.8 Å². The summed E-state index contributed by atoms with van der Waals surface area (Å²) >= 11 is 6.08. The molecule has 1 atom stereocenters. The highest BCUT2D eigenvalue weighted by molar-refractivity contribution is 6.31. The van der Waals surface area contributed by atoms with Gasteiger partial charge in [-0.2, -0.15) is 0 Å². The van der Waals surface area contributed by atoms with Crippen LogP contribution in [0.4, 0.5) is 0 Å². The molecule has 0 unspecified atom stereocenters. The van der Waals surface area contributed by atoms with Crippen LogP contribution >= 0.6 is 11.6 Å². The lowest BCUT2D eigenvalue weighted by Gasteiger charge is -2.28. The molecule has 1 saturated heterocycles. The number of amides is 1. The Bertz CT molecular complexity index is 430. The maximum absolute atomic E-state index is 12.2. The molecule has 3 nitrogen and oxygen atoms in total. The van der Waals surface area contributed by atoms with E-state index in [1.54, 1.807) is 0 Å². The first-order valence-corrected chi connectivity index (χ1v) is 7.42. The van der Waals surface area contributed by atoms with E-state index in [4.69, 9.17) is 11.6 Å². The number of carbonyl (C=O) groups excluding carboxylic acids is 1. The van der Waals surface area contributed by atoms with Crippen LogP contribution in [-0.2, 0) is 11.3 Å². The summed E-state index contributed by atoms with van der Waals surface area (Å²) in [4.78, 5) is 13.6. The van der Waals surface area contributed by atoms with Gasteiger partial charge in [0.1, 0.15) is 0 Å². The maximum atomic E-state index is 12.2. The highest BCUT2D eigenvalue weighted by Crippen LogP contribution is 2.14. The molecular weight excluding hydrogens is 260 g/mol. The Balaban J connectivity index is 1.85. The highest BCUT2D eigenvalue weighted by atomic mass is 35.5. The van der Waals surface area contributed by atoms with Gasteiger partial charge in [-0.25, -0.2) is 0 Å². The molecule has 0 aliphatic carbocycles. The average Bonchev–Trinajstić information content (AvgIpc) is 2.46. The first-order chi connectivity index (χ1) is 9.18. The molecule has 1 aromatic rings. The number of halogens is 1. The van der Waals surface area contributed by atoms with Crippen molar-refractivity contribution >= 4 is 17.5 Å². The summed E-state index contributed by atoms with van der Waals surface area (Å²) in [5.41, 5.74) is 0.971. The standard InChI is InChI=1S/C15H21ClN2O/c1-12(18-9-5-2-6-10-18)15(19)17-11-13-7-3-4-8-14(13)16/h3-4,7-8,12H,2,5-6,9-11H2,1H3,(H,17,19)/p+1/t12-/m1/s1. The molecule has 104 valence electrons. The molecule has 0 spiro atoms. The van der Waals surface area contributed by atoms with Gasteiger partial charge in [-0.15, -0.1) is 0 Å². The lowest BCUT2D eigenvalue weighted by molar-refractivity contribution is -0.918. The Morgan fingerprint density at radius 3 is 2.68 bits per heavy atom. The van der Waals surface area contributed by atoms with Crippen molar-refractivity contribution < 1.29 is 9.69 Å². The summed E-state index contributed by atoms with van der Waals surface area (Å²) in [6.07, 6.45) is 3.77. The van der Waals surface area contributed by atoms with Gasteiger partial charge < -0.3 is 10.2 Å². The van der Waals surface area contributed by atoms with E-state index in [0.29, 0.717) is 11.6 Å². The molecular formula is C15H22ClN2O+. The van der Waals surface area contributed by atoms with Crippen LogP contribution in [0.3, 0.4) is 0 Å². The van der Waals surface area contributed by atoms with E-state index in [2.05, 4.69) is 5.32 Å². The summed E-state index contributed by atoms with van der Waals surface area (Å²) in [5, 5.41) is 3.70. The molecule has 1 aromatic carbocycles. The van der Waals surface area contributed by atoms with Gasteiger partial charge in [0, 0.05) is 11.6 Å². The molecule has 1 aliphatic rings. The third-order valence-electron chi connectivity index (χ3n) is 3.91. The van der Waals surface area contributed by atoms with E-state index in [9.17, 15) is 4.79 Å². The Labute approximate surface area is 119 Å². The van der Waals surface area contributed by atoms with Crippen LogP contribution in [-0.4, -0.2) is 25.0 Å². The molecule has 1 heterocycles. The lowest BCUT2D eigenvalue weighted by atomic mass is 10.1. The quantitative estimate of drug-likeness (QED) is 0.860. The Kier molecular flexibility index (Phi) is 5.23. The molecule has 0 aromatic heterocycles. The van der Waals surface area contributed by atoms with Gasteiger partial charge in [0.2, 0.25) is 0 Å². The van der Waals surface area contributed by atoms with E-state index in [1.807, 2.05) is 31.2 Å². The summed E-state index contributed by atoms with van der Waals surface area (Å²) in [6.45, 7) is 4.75. The SMILES string of the molecule is C[C@H](C(=O)NCc1ccccc1Cl)[NH+]1CCCCC1. The number of carbonyl (C=O) groups is 1. The molecule has 0 bridgehead atoms. The van der Waals surface area contributed by atoms with Crippen LogP contribution in [0, 0.1) is 0 Å². The zero-order chi connectivity index (χ0) is 13.7. The first-order valence-electron chi connectivity index (χ1n) is 7.04. The summed E-state index contributed by atoms with van der Waals surface area (Å²) in [6, 6.07) is 7.66. The molecule has 1 amide bonds. The molecule has 2 rings (SSSR count). The molecule has 4 heteroatoms. The van der Waals surface area contributed by atoms with E-state index in [0.717, 1.165) is 18.7 Å². The largest absolute Gasteiger partial charge is 0.347 e. The van der Waals surface area contributed by atoms with E-state index in [-0.39, 0.29) is 11.9 Å². The normalized spacial score (nSPS) is 18.0. The predicted octanol–water partition coefficient (Wildman–Crippen LogP) is 1.41. The van der Waals surface area contributed by atoms with E-state index >= 15 is 0 Å². The Hall–Kier alpha value is -1.06. The van der Waals surface area contributed by atoms with Crippen LogP contribution in [0.25, 0.3) is 0 Å². The van der Waals surface area contributed by atoms with Gasteiger partial charge in [-0.3, -0.25) is 4.79 Å². The molecule has 19 heavy (non-hydrogen) atoms. The van der Waals surface area contributed by atoms with Crippen LogP contribution in [0.2, 0.25) is 5.02 Å². The Morgan fingerprint density at radius 1 is 1.32 bits per heavy atom. The van der Waals surface area contributed by atoms with Crippen LogP contribution in [0.5, 0.6) is 0 Å². The van der Waals surface area contributed by atoms with Crippen molar-refractivity contribution in [3.8, 4) is 0 Å². The predicted molar refractivity (Wildman–Crippen MR) is 77.3 cm³/mol. The summed E-state index contributed by atoms with van der Waals surface area (Å²) < 4.78 is 0. The van der Waals surface area contributed by atoms with Crippen molar-refractivity contribution in [1.82, 2.24) is 5.32 Å². The number of piperidine rings is 1. The molecule has 2 N–H and O–H groups in total. The topological polar surface area (TPSA) is 33.5 Å². The van der Waals surface area contributed by atoms with E-state index < -0.39 is 0 Å². The number of benzene rings is 1. The number of quaternary nitrogens is 1. The zero-order valence-corrected chi connectivity index (χ0v) is 12.2. The lowest BCUT2D eigenvalue weighted by Crippen LogP contribution is -3.17. The van der Waals surface area contributed by atoms with Crippen molar-refractivity contribution in [2.24, 2.45) is 0 Å². The summed E-state index contributed by atoms with van der Waals surface area (Å²) in [5.74, 6) is 0.122. The second-order valence-corrected chi connectivity index (χ2v) is 5.66. The minimum Gasteiger partial charge on any atom is -0.347 e. The minimum atomic E-state index is 0.0304. The summed E-state index contributed by atoms with van der Waals surface area (Å²) in [7, 11) is 0. The van der Waals surface area contributed by atoms with Crippen LogP contribution in [0.15, 0.2) is 24.3 Å². The van der Waals surface area contributed by atoms with Crippen molar-refractivity contribution in [3.63, 3.8) is 0 Å². The first kappa shape index (κ1) is 14.4. The number of nitrogens with one attached hydrogen (secondary N) is 2. The molecule has 1 fully saturated rings. The fourth-order valence-electron chi connectivity index (χ4n) is 2.60. The van der Waals surface area contributed by atoms with Crippen molar-refractivity contribution in [1.29, 1.82) is 0 Å². The van der Waals surface area contributed by atoms with Gasteiger partial charge in [0.05, 0.1) is 13.1 Å². The van der Waals surface area contributed by atoms with Gasteiger partial charge >= 0.3 is 0 Å². The third-order valence-corrected chi connectivity index (χ3v) is 4.28. The molecule has 0 saturated carbocycles. The van der Waals surface area contributed by atoms with Crippen molar-refractivity contribution in [3.05, 3.63) is 34.9 Å². The van der Waals surface area contributed by atoms with Gasteiger partial charge in [-0.1, -0.05) is 29.8 Å². The third kappa shape index (κ3) is 3.95. The second-order valence-electron chi connectivity index (χ2n) is 5.25. The van der Waals surface area contributed by atoms with Crippen LogP contribution < -0.4 is 10.2 Å². The number of hydrogen-bond acceptors (Lipinski definition) is 1. The van der Waals surface area contributed by atoms with Gasteiger partial charge in [0.25, 0.3) is 5.91 Å². The fourth-order valence-corrected chi connectivity index (χ4v) is 2.80. The van der Waals surface area contributed by atoms with Crippen molar-refractivity contribution in [2.75, 3.05) is 13.1 Å². The molecule has 0 radical (unpaired) electrons. The number of likely N-dealkylation sites (tertiary alicyclic amines) is 1. The number of hydrogen-bond donors (Lipinski definition) is 2. The molecule has 1 aliphatic heterocycles. The zero-order valence-electron chi connectivity index (χ0n) is 11.4. The second kappa shape index (κ2) is 6.92. The maximum Gasteiger partial charge on any atom is 0.278 e. The highest BCUT2D eigenvalue weighted by Gasteiger charge is 2.26. The van der Waals surface area contributed by atoms with Gasteiger partial charge in [0.15, 0.2) is 6.04 Å². The monoisotopic (exact) mass is 281 g/mol. The van der Waals surface area contributed by atoms with Gasteiger partial charge in [-0.05, 0) is 37.8 Å². The average molecular weight is 282 g/mol. The van der Waals surface area contributed by atoms with Crippen LogP contribution in [0.1, 0.15) is 31.7 Å². The Morgan fingerprint density at radius 2 is 2.00 bits per heavy atom.